The molecule has 0 saturated heterocycles. The molecule has 4 aliphatic carbocycles. The van der Waals surface area contributed by atoms with Crippen LogP contribution < -0.4 is 4.74 Å². The number of benzene rings is 6. The van der Waals surface area contributed by atoms with Gasteiger partial charge in [-0.2, -0.15) is 0 Å². The summed E-state index contributed by atoms with van der Waals surface area (Å²) in [4.78, 5) is 0. The van der Waals surface area contributed by atoms with Crippen molar-refractivity contribution in [3.63, 3.8) is 0 Å². The number of hydrogen-bond acceptors (Lipinski definition) is 1. The smallest absolute Gasteiger partial charge is 0.118 e. The fraction of sp³-hybridized carbons (Fsp3) is 0.102. The Morgan fingerprint density at radius 1 is 0.360 bits per heavy atom. The van der Waals surface area contributed by atoms with Gasteiger partial charge in [0, 0.05) is 44.5 Å². The predicted molar refractivity (Wildman–Crippen MR) is 204 cm³/mol. The van der Waals surface area contributed by atoms with Gasteiger partial charge in [0.1, 0.15) is 5.75 Å². The van der Waals surface area contributed by atoms with Crippen LogP contribution in [0.15, 0.2) is 140 Å². The van der Waals surface area contributed by atoms with Crippen LogP contribution in [-0.4, -0.2) is 7.11 Å². The highest BCUT2D eigenvalue weighted by molar-refractivity contribution is 5.53. The van der Waals surface area contributed by atoms with Gasteiger partial charge in [-0.05, 0) is 145 Å². The van der Waals surface area contributed by atoms with E-state index in [2.05, 4.69) is 95.9 Å². The van der Waals surface area contributed by atoms with Crippen molar-refractivity contribution >= 4 is 0 Å². The van der Waals surface area contributed by atoms with Crippen molar-refractivity contribution in [1.29, 1.82) is 0 Å². The minimum atomic E-state index is 0.826. The van der Waals surface area contributed by atoms with Crippen molar-refractivity contribution in [2.75, 3.05) is 7.11 Å². The first-order valence-corrected chi connectivity index (χ1v) is 16.9. The molecule has 1 nitrogen and oxygen atoms in total. The molecule has 0 N–H and O–H groups in total. The minimum Gasteiger partial charge on any atom is -0.497 e. The number of ether oxygens (including phenoxy) is 1. The Hall–Kier alpha value is -6.64. The van der Waals surface area contributed by atoms with Gasteiger partial charge < -0.3 is 4.74 Å². The van der Waals surface area contributed by atoms with Gasteiger partial charge in [0.25, 0.3) is 0 Å². The van der Waals surface area contributed by atoms with Crippen molar-refractivity contribution in [2.45, 2.75) is 25.7 Å². The van der Waals surface area contributed by atoms with Gasteiger partial charge >= 0.3 is 0 Å². The van der Waals surface area contributed by atoms with Crippen molar-refractivity contribution in [1.82, 2.24) is 0 Å². The first-order valence-electron chi connectivity index (χ1n) is 16.9. The van der Waals surface area contributed by atoms with E-state index in [1.807, 2.05) is 91.0 Å². The van der Waals surface area contributed by atoms with E-state index < -0.39 is 0 Å². The standard InChI is InChI=1S/C49H34O/c1-50-49-33-25-42(26-34-49)18-13-39-11-16-41(17-12-39)22-30-48-36-44-20-19-43-23-27-45(31-32-46(48)28-24-44)47(35-43)29-21-40-14-9-38(10-15-40)8-7-37-5-3-2-4-6-37/h2-6,9-12,14-17,23-28,33-36H,19-20,31-32H2,1H3. The van der Waals surface area contributed by atoms with Crippen LogP contribution in [-0.2, 0) is 25.7 Å². The molecule has 50 heavy (non-hydrogen) atoms. The van der Waals surface area contributed by atoms with Crippen LogP contribution in [0.1, 0.15) is 66.8 Å². The zero-order valence-electron chi connectivity index (χ0n) is 28.0. The molecular formula is C49H34O. The Kier molecular flexibility index (Phi) is 9.90. The molecular weight excluding hydrogens is 605 g/mol. The molecule has 4 aliphatic rings. The maximum atomic E-state index is 5.23. The zero-order chi connectivity index (χ0) is 34.0. The quantitative estimate of drug-likeness (QED) is 0.163. The van der Waals surface area contributed by atoms with Crippen LogP contribution in [0.25, 0.3) is 0 Å². The largest absolute Gasteiger partial charge is 0.497 e. The first kappa shape index (κ1) is 31.9. The van der Waals surface area contributed by atoms with Crippen molar-refractivity contribution in [3.8, 4) is 53.1 Å². The second-order valence-electron chi connectivity index (χ2n) is 12.2. The number of hydrogen-bond donors (Lipinski definition) is 0. The SMILES string of the molecule is COc1ccc(C#Cc2ccc(C#Cc3cc4ccc3CCc3ccc(cc3C#Cc3ccc(C#Cc5ccccc5)cc3)CC4)cc2)cc1. The molecule has 6 aromatic carbocycles. The minimum absolute atomic E-state index is 0.826. The van der Waals surface area contributed by atoms with E-state index >= 15 is 0 Å². The van der Waals surface area contributed by atoms with E-state index in [9.17, 15) is 0 Å². The monoisotopic (exact) mass is 638 g/mol. The van der Waals surface area contributed by atoms with Crippen molar-refractivity contribution < 1.29 is 4.74 Å². The zero-order valence-corrected chi connectivity index (χ0v) is 28.0. The molecule has 0 spiro atoms. The Balaban J connectivity index is 1.06. The van der Waals surface area contributed by atoms with Gasteiger partial charge in [0.15, 0.2) is 0 Å². The van der Waals surface area contributed by atoms with E-state index in [1.165, 1.54) is 22.3 Å². The fourth-order valence-corrected chi connectivity index (χ4v) is 5.82. The van der Waals surface area contributed by atoms with Gasteiger partial charge in [-0.25, -0.2) is 0 Å². The summed E-state index contributed by atoms with van der Waals surface area (Å²) in [6.45, 7) is 0. The van der Waals surface area contributed by atoms with Crippen LogP contribution in [0.3, 0.4) is 0 Å². The van der Waals surface area contributed by atoms with E-state index in [0.29, 0.717) is 0 Å². The fourth-order valence-electron chi connectivity index (χ4n) is 5.82. The van der Waals surface area contributed by atoms with Crippen LogP contribution in [0.2, 0.25) is 0 Å². The Bertz CT molecular complexity index is 2380. The molecule has 10 rings (SSSR count). The molecule has 0 saturated carbocycles. The molecule has 1 heteroatoms. The van der Waals surface area contributed by atoms with Crippen molar-refractivity contribution in [3.05, 3.63) is 206 Å². The Morgan fingerprint density at radius 2 is 0.720 bits per heavy atom. The lowest BCUT2D eigenvalue weighted by Crippen LogP contribution is -2.02. The van der Waals surface area contributed by atoms with Crippen LogP contribution in [0.4, 0.5) is 0 Å². The molecule has 0 amide bonds. The molecule has 6 aromatic rings. The summed E-state index contributed by atoms with van der Waals surface area (Å²) in [6.07, 6.45) is 3.70. The Labute approximate surface area is 296 Å². The van der Waals surface area contributed by atoms with Gasteiger partial charge in [-0.1, -0.05) is 89.8 Å². The maximum absolute atomic E-state index is 5.23. The molecule has 0 unspecified atom stereocenters. The topological polar surface area (TPSA) is 9.23 Å². The van der Waals surface area contributed by atoms with Crippen molar-refractivity contribution in [2.24, 2.45) is 0 Å². The summed E-state index contributed by atoms with van der Waals surface area (Å²) >= 11 is 0. The molecule has 4 bridgehead atoms. The average Bonchev–Trinajstić information content (AvgIpc) is 3.17. The summed E-state index contributed by atoms with van der Waals surface area (Å²) in [7, 11) is 1.66. The number of methoxy groups -OCH3 is 1. The molecule has 0 atom stereocenters. The predicted octanol–water partition coefficient (Wildman–Crippen LogP) is 9.18. The second-order valence-corrected chi connectivity index (χ2v) is 12.2. The normalized spacial score (nSPS) is 11.1. The van der Waals surface area contributed by atoms with Crippen LogP contribution >= 0.6 is 0 Å². The van der Waals surface area contributed by atoms with Crippen LogP contribution in [0.5, 0.6) is 5.75 Å². The molecule has 0 fully saturated rings. The molecule has 0 radical (unpaired) electrons. The van der Waals surface area contributed by atoms with Crippen LogP contribution in [0, 0.1) is 47.4 Å². The Morgan fingerprint density at radius 3 is 1.12 bits per heavy atom. The van der Waals surface area contributed by atoms with E-state index in [1.54, 1.807) is 7.11 Å². The lowest BCUT2D eigenvalue weighted by Gasteiger charge is -2.13. The summed E-state index contributed by atoms with van der Waals surface area (Å²) in [5.74, 6) is 27.6. The first-order chi connectivity index (χ1) is 24.7. The average molecular weight is 639 g/mol. The second kappa shape index (κ2) is 15.5. The van der Waals surface area contributed by atoms with E-state index in [0.717, 1.165) is 75.9 Å². The third kappa shape index (κ3) is 8.44. The lowest BCUT2D eigenvalue weighted by molar-refractivity contribution is 0.415. The molecule has 236 valence electrons. The summed E-state index contributed by atoms with van der Waals surface area (Å²) < 4.78 is 5.23. The van der Waals surface area contributed by atoms with Gasteiger partial charge in [-0.15, -0.1) is 0 Å². The highest BCUT2D eigenvalue weighted by Crippen LogP contribution is 2.22. The third-order valence-electron chi connectivity index (χ3n) is 8.73. The molecule has 0 aromatic heterocycles. The van der Waals surface area contributed by atoms with E-state index in [4.69, 9.17) is 4.74 Å². The summed E-state index contributed by atoms with van der Waals surface area (Å²) in [5, 5.41) is 0. The van der Waals surface area contributed by atoms with E-state index in [-0.39, 0.29) is 0 Å². The number of rotatable bonds is 1. The summed E-state index contributed by atoms with van der Waals surface area (Å²) in [5.41, 5.74) is 13.2. The highest BCUT2D eigenvalue weighted by Gasteiger charge is 2.10. The maximum Gasteiger partial charge on any atom is 0.118 e. The van der Waals surface area contributed by atoms with Gasteiger partial charge in [0.2, 0.25) is 0 Å². The number of aryl methyl sites for hydroxylation is 4. The highest BCUT2D eigenvalue weighted by atomic mass is 16.5. The third-order valence-corrected chi connectivity index (χ3v) is 8.73. The lowest BCUT2D eigenvalue weighted by atomic mass is 9.91. The molecule has 0 aliphatic heterocycles. The summed E-state index contributed by atoms with van der Waals surface area (Å²) in [6, 6.07) is 47.8. The van der Waals surface area contributed by atoms with Gasteiger partial charge in [-0.3, -0.25) is 0 Å². The van der Waals surface area contributed by atoms with Gasteiger partial charge in [0.05, 0.1) is 7.11 Å². The molecule has 0 heterocycles.